The van der Waals surface area contributed by atoms with E-state index >= 15 is 0 Å². The molecule has 0 unspecified atom stereocenters. The first-order valence-corrected chi connectivity index (χ1v) is 6.02. The van der Waals surface area contributed by atoms with Gasteiger partial charge in [-0.1, -0.05) is 0 Å². The maximum Gasteiger partial charge on any atom is 0.123 e. The lowest BCUT2D eigenvalue weighted by atomic mass is 10.2. The highest BCUT2D eigenvalue weighted by atomic mass is 16.5. The second-order valence-electron chi connectivity index (χ2n) is 4.04. The molecule has 0 aromatic heterocycles. The molecule has 0 saturated heterocycles. The normalized spacial score (nSPS) is 9.68. The molecule has 96 valence electrons. The van der Waals surface area contributed by atoms with Gasteiger partial charge in [-0.2, -0.15) is 5.26 Å². The minimum atomic E-state index is 0.597. The summed E-state index contributed by atoms with van der Waals surface area (Å²) < 4.78 is 5.44. The molecule has 0 atom stereocenters. The van der Waals surface area contributed by atoms with Crippen molar-refractivity contribution >= 4 is 17.1 Å². The van der Waals surface area contributed by atoms with Gasteiger partial charge in [0.2, 0.25) is 0 Å². The van der Waals surface area contributed by atoms with Crippen molar-refractivity contribution in [3.63, 3.8) is 0 Å². The second kappa shape index (κ2) is 5.78. The van der Waals surface area contributed by atoms with Gasteiger partial charge in [0.15, 0.2) is 0 Å². The van der Waals surface area contributed by atoms with Crippen LogP contribution in [0.2, 0.25) is 0 Å². The van der Waals surface area contributed by atoms with E-state index in [1.165, 1.54) is 0 Å². The number of nitrogen functional groups attached to an aromatic ring is 1. The largest absolute Gasteiger partial charge is 0.494 e. The van der Waals surface area contributed by atoms with E-state index < -0.39 is 0 Å². The van der Waals surface area contributed by atoms with Gasteiger partial charge in [-0.25, -0.2) is 0 Å². The van der Waals surface area contributed by atoms with Crippen molar-refractivity contribution in [3.05, 3.63) is 48.0 Å². The molecule has 2 rings (SSSR count). The van der Waals surface area contributed by atoms with Gasteiger partial charge >= 0.3 is 0 Å². The first-order valence-electron chi connectivity index (χ1n) is 6.02. The molecule has 0 spiro atoms. The van der Waals surface area contributed by atoms with E-state index in [-0.39, 0.29) is 0 Å². The zero-order valence-corrected chi connectivity index (χ0v) is 10.7. The lowest BCUT2D eigenvalue weighted by molar-refractivity contribution is 0.340. The van der Waals surface area contributed by atoms with Gasteiger partial charge in [0, 0.05) is 29.2 Å². The summed E-state index contributed by atoms with van der Waals surface area (Å²) in [5, 5.41) is 12.0. The molecule has 0 radical (unpaired) electrons. The number of nitrogens with one attached hydrogen (secondary N) is 1. The van der Waals surface area contributed by atoms with Crippen molar-refractivity contribution in [1.29, 1.82) is 5.26 Å². The molecular weight excluding hydrogens is 238 g/mol. The number of benzene rings is 2. The van der Waals surface area contributed by atoms with E-state index in [2.05, 4.69) is 11.4 Å². The van der Waals surface area contributed by atoms with Crippen LogP contribution in [0.4, 0.5) is 17.1 Å². The number of rotatable bonds is 4. The Bertz CT molecular complexity index is 600. The molecule has 4 heteroatoms. The van der Waals surface area contributed by atoms with Crippen LogP contribution < -0.4 is 15.8 Å². The molecule has 0 amide bonds. The average Bonchev–Trinajstić information content (AvgIpc) is 2.39. The number of hydrogen-bond acceptors (Lipinski definition) is 4. The van der Waals surface area contributed by atoms with Crippen LogP contribution in [0.3, 0.4) is 0 Å². The summed E-state index contributed by atoms with van der Waals surface area (Å²) in [5.74, 6) is 0.735. The second-order valence-corrected chi connectivity index (χ2v) is 4.04. The van der Waals surface area contributed by atoms with E-state index in [1.54, 1.807) is 18.2 Å². The summed E-state index contributed by atoms with van der Waals surface area (Å²) in [5.41, 5.74) is 8.85. The molecule has 0 saturated carbocycles. The van der Waals surface area contributed by atoms with Gasteiger partial charge in [0.1, 0.15) is 5.75 Å². The predicted molar refractivity (Wildman–Crippen MR) is 76.5 cm³/mol. The van der Waals surface area contributed by atoms with Crippen molar-refractivity contribution in [2.24, 2.45) is 0 Å². The minimum absolute atomic E-state index is 0.597. The highest BCUT2D eigenvalue weighted by molar-refractivity contribution is 5.66. The third-order valence-corrected chi connectivity index (χ3v) is 2.54. The fourth-order valence-corrected chi connectivity index (χ4v) is 1.74. The van der Waals surface area contributed by atoms with E-state index in [9.17, 15) is 0 Å². The number of anilines is 3. The van der Waals surface area contributed by atoms with Crippen molar-refractivity contribution < 1.29 is 4.74 Å². The van der Waals surface area contributed by atoms with Crippen molar-refractivity contribution in [2.75, 3.05) is 17.7 Å². The third kappa shape index (κ3) is 3.39. The molecule has 0 heterocycles. The first-order chi connectivity index (χ1) is 9.21. The lowest BCUT2D eigenvalue weighted by Gasteiger charge is -2.10. The Kier molecular flexibility index (Phi) is 3.89. The Morgan fingerprint density at radius 2 is 1.89 bits per heavy atom. The topological polar surface area (TPSA) is 71.1 Å². The number of ether oxygens (including phenoxy) is 1. The molecule has 2 aromatic carbocycles. The van der Waals surface area contributed by atoms with Crippen molar-refractivity contribution in [3.8, 4) is 11.8 Å². The summed E-state index contributed by atoms with van der Waals surface area (Å²) in [6.45, 7) is 2.52. The maximum absolute atomic E-state index is 8.75. The molecular formula is C15H15N3O. The molecule has 0 aliphatic heterocycles. The SMILES string of the molecule is CCOc1cc(N)cc(Nc2ccc(C#N)cc2)c1. The van der Waals surface area contributed by atoms with Crippen molar-refractivity contribution in [1.82, 2.24) is 0 Å². The fraction of sp³-hybridized carbons (Fsp3) is 0.133. The van der Waals surface area contributed by atoms with E-state index in [4.69, 9.17) is 15.7 Å². The van der Waals surface area contributed by atoms with Gasteiger partial charge in [-0.15, -0.1) is 0 Å². The predicted octanol–water partition coefficient (Wildman–Crippen LogP) is 3.28. The molecule has 0 fully saturated rings. The zero-order chi connectivity index (χ0) is 13.7. The van der Waals surface area contributed by atoms with Gasteiger partial charge in [-0.3, -0.25) is 0 Å². The Morgan fingerprint density at radius 3 is 2.53 bits per heavy atom. The van der Waals surface area contributed by atoms with Gasteiger partial charge in [0.25, 0.3) is 0 Å². The molecule has 0 bridgehead atoms. The lowest BCUT2D eigenvalue weighted by Crippen LogP contribution is -1.96. The summed E-state index contributed by atoms with van der Waals surface area (Å²) in [6, 6.07) is 14.8. The summed E-state index contributed by atoms with van der Waals surface area (Å²) in [7, 11) is 0. The summed E-state index contributed by atoms with van der Waals surface area (Å²) >= 11 is 0. The van der Waals surface area contributed by atoms with Gasteiger partial charge in [-0.05, 0) is 37.3 Å². The highest BCUT2D eigenvalue weighted by Gasteiger charge is 2.01. The molecule has 19 heavy (non-hydrogen) atoms. The van der Waals surface area contributed by atoms with E-state index in [1.807, 2.05) is 31.2 Å². The molecule has 0 aliphatic rings. The minimum Gasteiger partial charge on any atom is -0.494 e. The zero-order valence-electron chi connectivity index (χ0n) is 10.7. The maximum atomic E-state index is 8.75. The Hall–Kier alpha value is -2.67. The quantitative estimate of drug-likeness (QED) is 0.820. The first kappa shape index (κ1) is 12.8. The summed E-state index contributed by atoms with van der Waals surface area (Å²) in [4.78, 5) is 0. The van der Waals surface area contributed by atoms with Gasteiger partial charge < -0.3 is 15.8 Å². The number of nitriles is 1. The monoisotopic (exact) mass is 253 g/mol. The van der Waals surface area contributed by atoms with Crippen LogP contribution in [-0.2, 0) is 0 Å². The van der Waals surface area contributed by atoms with Crippen LogP contribution in [0, 0.1) is 11.3 Å². The van der Waals surface area contributed by atoms with Crippen LogP contribution in [0.5, 0.6) is 5.75 Å². The van der Waals surface area contributed by atoms with E-state index in [0.717, 1.165) is 17.1 Å². The van der Waals surface area contributed by atoms with Gasteiger partial charge in [0.05, 0.1) is 18.2 Å². The van der Waals surface area contributed by atoms with Crippen LogP contribution in [0.15, 0.2) is 42.5 Å². The average molecular weight is 253 g/mol. The molecule has 3 N–H and O–H groups in total. The Balaban J connectivity index is 2.20. The molecule has 0 aliphatic carbocycles. The Labute approximate surface area is 112 Å². The number of nitrogens with zero attached hydrogens (tertiary/aromatic N) is 1. The standard InChI is InChI=1S/C15H15N3O/c1-2-19-15-8-12(17)7-14(9-15)18-13-5-3-11(10-16)4-6-13/h3-9,18H,2,17H2,1H3. The van der Waals surface area contributed by atoms with Crippen LogP contribution in [0.1, 0.15) is 12.5 Å². The third-order valence-electron chi connectivity index (χ3n) is 2.54. The number of hydrogen-bond donors (Lipinski definition) is 2. The van der Waals surface area contributed by atoms with Crippen LogP contribution in [0.25, 0.3) is 0 Å². The highest BCUT2D eigenvalue weighted by Crippen LogP contribution is 2.25. The molecule has 2 aromatic rings. The smallest absolute Gasteiger partial charge is 0.123 e. The number of nitrogens with two attached hydrogens (primary N) is 1. The summed E-state index contributed by atoms with van der Waals surface area (Å²) in [6.07, 6.45) is 0. The molecule has 4 nitrogen and oxygen atoms in total. The van der Waals surface area contributed by atoms with E-state index in [0.29, 0.717) is 17.9 Å². The fourth-order valence-electron chi connectivity index (χ4n) is 1.74. The van der Waals surface area contributed by atoms with Crippen LogP contribution in [-0.4, -0.2) is 6.61 Å². The van der Waals surface area contributed by atoms with Crippen LogP contribution >= 0.6 is 0 Å². The van der Waals surface area contributed by atoms with Crippen molar-refractivity contribution in [2.45, 2.75) is 6.92 Å². The Morgan fingerprint density at radius 1 is 1.16 bits per heavy atom.